The molecule has 144 valence electrons. The van der Waals surface area contributed by atoms with Crippen molar-refractivity contribution in [3.8, 4) is 0 Å². The summed E-state index contributed by atoms with van der Waals surface area (Å²) in [5.74, 6) is -0.0647. The molecule has 0 radical (unpaired) electrons. The van der Waals surface area contributed by atoms with Crippen molar-refractivity contribution in [3.63, 3.8) is 0 Å². The maximum absolute atomic E-state index is 12.7. The second-order valence-corrected chi connectivity index (χ2v) is 7.05. The van der Waals surface area contributed by atoms with Gasteiger partial charge in [-0.05, 0) is 43.4 Å². The molecule has 2 atom stereocenters. The quantitative estimate of drug-likeness (QED) is 0.693. The average Bonchev–Trinajstić information content (AvgIpc) is 2.72. The zero-order valence-electron chi connectivity index (χ0n) is 16.0. The Labute approximate surface area is 161 Å². The Balaban J connectivity index is 1.69. The lowest BCUT2D eigenvalue weighted by atomic mass is 9.98. The smallest absolute Gasteiger partial charge is 0.251 e. The average molecular weight is 367 g/mol. The number of carbonyl (C=O) groups excluding carboxylic acids is 1. The Morgan fingerprint density at radius 2 is 2.11 bits per heavy atom. The number of hydrogen-bond donors (Lipinski definition) is 3. The molecule has 2 aliphatic heterocycles. The van der Waals surface area contributed by atoms with Crippen LogP contribution in [0.1, 0.15) is 24.8 Å². The first-order valence-corrected chi connectivity index (χ1v) is 9.66. The van der Waals surface area contributed by atoms with E-state index in [0.717, 1.165) is 37.3 Å². The summed E-state index contributed by atoms with van der Waals surface area (Å²) in [4.78, 5) is 12.7. The van der Waals surface area contributed by atoms with Crippen LogP contribution in [0, 0.1) is 0 Å². The molecule has 3 N–H and O–H groups in total. The van der Waals surface area contributed by atoms with E-state index in [4.69, 9.17) is 4.74 Å². The molecular weight excluding hydrogens is 338 g/mol. The van der Waals surface area contributed by atoms with Crippen LogP contribution in [-0.4, -0.2) is 38.3 Å². The first kappa shape index (κ1) is 19.2. The third-order valence-electron chi connectivity index (χ3n) is 4.97. The topological polar surface area (TPSA) is 62.4 Å². The largest absolute Gasteiger partial charge is 0.387 e. The highest BCUT2D eigenvalue weighted by Gasteiger charge is 2.21. The normalized spacial score (nSPS) is 22.1. The van der Waals surface area contributed by atoms with E-state index < -0.39 is 0 Å². The van der Waals surface area contributed by atoms with Crippen LogP contribution in [0.3, 0.4) is 0 Å². The van der Waals surface area contributed by atoms with Crippen molar-refractivity contribution in [2.24, 2.45) is 0 Å². The number of likely N-dealkylation sites (N-methyl/N-ethyl adjacent to an activating group) is 1. The molecule has 1 saturated heterocycles. The van der Waals surface area contributed by atoms with E-state index in [0.29, 0.717) is 12.1 Å². The van der Waals surface area contributed by atoms with Gasteiger partial charge < -0.3 is 20.7 Å². The number of ether oxygens (including phenoxy) is 1. The molecule has 0 aliphatic carbocycles. The molecule has 3 rings (SSSR count). The molecule has 0 saturated carbocycles. The van der Waals surface area contributed by atoms with Gasteiger partial charge in [-0.25, -0.2) is 0 Å². The van der Waals surface area contributed by atoms with Crippen LogP contribution >= 0.6 is 0 Å². The van der Waals surface area contributed by atoms with Crippen molar-refractivity contribution in [2.75, 3.05) is 20.2 Å². The summed E-state index contributed by atoms with van der Waals surface area (Å²) >= 11 is 0. The molecule has 1 amide bonds. The molecular formula is C22H29N3O2. The van der Waals surface area contributed by atoms with Gasteiger partial charge in [-0.3, -0.25) is 4.79 Å². The maximum atomic E-state index is 12.7. The molecule has 5 nitrogen and oxygen atoms in total. The summed E-state index contributed by atoms with van der Waals surface area (Å²) in [5, 5.41) is 9.55. The van der Waals surface area contributed by atoms with Crippen LogP contribution in [0.2, 0.25) is 0 Å². The van der Waals surface area contributed by atoms with Crippen LogP contribution in [0.4, 0.5) is 0 Å². The van der Waals surface area contributed by atoms with E-state index in [9.17, 15) is 4.79 Å². The summed E-state index contributed by atoms with van der Waals surface area (Å²) in [6.07, 6.45) is 8.07. The van der Waals surface area contributed by atoms with Crippen LogP contribution in [-0.2, 0) is 16.0 Å². The van der Waals surface area contributed by atoms with Crippen molar-refractivity contribution >= 4 is 5.91 Å². The van der Waals surface area contributed by atoms with E-state index in [1.165, 1.54) is 12.0 Å². The predicted octanol–water partition coefficient (Wildman–Crippen LogP) is 2.43. The lowest BCUT2D eigenvalue weighted by molar-refractivity contribution is -0.118. The van der Waals surface area contributed by atoms with Gasteiger partial charge in [0, 0.05) is 31.8 Å². The molecule has 1 aromatic carbocycles. The number of carbonyl (C=O) groups is 1. The van der Waals surface area contributed by atoms with Crippen molar-refractivity contribution in [1.29, 1.82) is 0 Å². The highest BCUT2D eigenvalue weighted by Crippen LogP contribution is 2.18. The number of amides is 1. The second kappa shape index (κ2) is 9.42. The summed E-state index contributed by atoms with van der Waals surface area (Å²) in [7, 11) is 1.83. The molecule has 0 spiro atoms. The Morgan fingerprint density at radius 1 is 1.30 bits per heavy atom. The third-order valence-corrected chi connectivity index (χ3v) is 4.97. The van der Waals surface area contributed by atoms with Crippen LogP contribution in [0.5, 0.6) is 0 Å². The van der Waals surface area contributed by atoms with Gasteiger partial charge in [0.15, 0.2) is 0 Å². The van der Waals surface area contributed by atoms with Crippen LogP contribution < -0.4 is 16.0 Å². The fourth-order valence-electron chi connectivity index (χ4n) is 3.41. The third kappa shape index (κ3) is 5.47. The van der Waals surface area contributed by atoms with Crippen LogP contribution in [0.15, 0.2) is 66.0 Å². The number of dihydropyridines is 1. The molecule has 27 heavy (non-hydrogen) atoms. The first-order valence-electron chi connectivity index (χ1n) is 9.66. The van der Waals surface area contributed by atoms with Gasteiger partial charge in [0.05, 0.1) is 17.5 Å². The summed E-state index contributed by atoms with van der Waals surface area (Å²) in [6.45, 7) is 5.38. The van der Waals surface area contributed by atoms with Crippen molar-refractivity contribution in [3.05, 3.63) is 71.6 Å². The highest BCUT2D eigenvalue weighted by molar-refractivity contribution is 5.96. The fourth-order valence-corrected chi connectivity index (χ4v) is 3.41. The number of benzene rings is 1. The van der Waals surface area contributed by atoms with Gasteiger partial charge in [-0.2, -0.15) is 0 Å². The van der Waals surface area contributed by atoms with Crippen LogP contribution in [0.25, 0.3) is 0 Å². The molecule has 2 aliphatic rings. The van der Waals surface area contributed by atoms with Crippen molar-refractivity contribution in [1.82, 2.24) is 16.0 Å². The maximum Gasteiger partial charge on any atom is 0.251 e. The van der Waals surface area contributed by atoms with Gasteiger partial charge in [0.1, 0.15) is 0 Å². The van der Waals surface area contributed by atoms with E-state index in [2.05, 4.69) is 34.7 Å². The zero-order valence-corrected chi connectivity index (χ0v) is 16.0. The summed E-state index contributed by atoms with van der Waals surface area (Å²) in [5.41, 5.74) is 3.50. The number of rotatable bonds is 7. The van der Waals surface area contributed by atoms with Crippen molar-refractivity contribution in [2.45, 2.75) is 37.8 Å². The predicted molar refractivity (Wildman–Crippen MR) is 108 cm³/mol. The van der Waals surface area contributed by atoms with Crippen molar-refractivity contribution < 1.29 is 9.53 Å². The van der Waals surface area contributed by atoms with E-state index in [-0.39, 0.29) is 18.1 Å². The SMILES string of the molecule is C=C(NC)C1=CC(C(=O)NCC2CCCCO2)=CC(Cc2ccccc2)N1. The molecule has 0 bridgehead atoms. The zero-order chi connectivity index (χ0) is 19.1. The minimum atomic E-state index is -0.0647. The summed E-state index contributed by atoms with van der Waals surface area (Å²) in [6, 6.07) is 10.3. The summed E-state index contributed by atoms with van der Waals surface area (Å²) < 4.78 is 5.71. The lowest BCUT2D eigenvalue weighted by Gasteiger charge is -2.26. The highest BCUT2D eigenvalue weighted by atomic mass is 16.5. The van der Waals surface area contributed by atoms with E-state index in [1.54, 1.807) is 0 Å². The monoisotopic (exact) mass is 367 g/mol. The van der Waals surface area contributed by atoms with E-state index in [1.807, 2.05) is 37.4 Å². The molecule has 1 fully saturated rings. The minimum Gasteiger partial charge on any atom is -0.387 e. The Morgan fingerprint density at radius 3 is 2.81 bits per heavy atom. The molecule has 2 unspecified atom stereocenters. The number of hydrogen-bond acceptors (Lipinski definition) is 4. The van der Waals surface area contributed by atoms with Gasteiger partial charge in [-0.1, -0.05) is 36.9 Å². The Bertz CT molecular complexity index is 718. The standard InChI is InChI=1S/C22H29N3O2/c1-16(23-2)21-14-18(22(26)24-15-20-10-6-7-11-27-20)13-19(25-21)12-17-8-4-3-5-9-17/h3-5,8-9,13-14,19-20,23,25H,1,6-7,10-12,15H2,2H3,(H,24,26). The van der Waals surface area contributed by atoms with E-state index >= 15 is 0 Å². The molecule has 1 aromatic rings. The minimum absolute atomic E-state index is 0.0316. The number of nitrogens with one attached hydrogen (secondary N) is 3. The molecule has 0 aromatic heterocycles. The molecule has 5 heteroatoms. The van der Waals surface area contributed by atoms with Gasteiger partial charge in [-0.15, -0.1) is 0 Å². The lowest BCUT2D eigenvalue weighted by Crippen LogP contribution is -2.39. The fraction of sp³-hybridized carbons (Fsp3) is 0.409. The van der Waals surface area contributed by atoms with Gasteiger partial charge in [0.2, 0.25) is 0 Å². The first-order chi connectivity index (χ1) is 13.2. The molecule has 2 heterocycles. The Hall–Kier alpha value is -2.53. The second-order valence-electron chi connectivity index (χ2n) is 7.05. The van der Waals surface area contributed by atoms with Gasteiger partial charge in [0.25, 0.3) is 5.91 Å². The van der Waals surface area contributed by atoms with Gasteiger partial charge >= 0.3 is 0 Å². The Kier molecular flexibility index (Phi) is 6.71.